The van der Waals surface area contributed by atoms with Crippen molar-refractivity contribution in [2.24, 2.45) is 0 Å². The fourth-order valence-electron chi connectivity index (χ4n) is 3.95. The van der Waals surface area contributed by atoms with Crippen LogP contribution in [0.5, 0.6) is 5.75 Å². The van der Waals surface area contributed by atoms with E-state index in [0.29, 0.717) is 17.7 Å². The van der Waals surface area contributed by atoms with E-state index in [1.165, 1.54) is 17.0 Å². The zero-order valence-corrected chi connectivity index (χ0v) is 23.0. The third-order valence-corrected chi connectivity index (χ3v) is 5.88. The van der Waals surface area contributed by atoms with Crippen molar-refractivity contribution in [1.82, 2.24) is 10.2 Å². The summed E-state index contributed by atoms with van der Waals surface area (Å²) in [7, 11) is 0. The minimum absolute atomic E-state index is 0.0208. The summed E-state index contributed by atoms with van der Waals surface area (Å²) in [6, 6.07) is 11.0. The molecule has 208 valence electrons. The highest BCUT2D eigenvalue weighted by atomic mass is 16.6. The standard InChI is InChI=1S/C29H41N3O6/c1-6-7-8-11-18-32(27(36)24(19-33)31-28(37)38-29(3,4)5)25(21-14-16-22(34)17-15-21)26(35)30-23-13-10-9-12-20(23)2/h9-10,12-17,24-25,33-34H,6-8,11,18-19H2,1-5H3,(H,30,35)(H,31,37). The van der Waals surface area contributed by atoms with Gasteiger partial charge in [-0.2, -0.15) is 0 Å². The van der Waals surface area contributed by atoms with Crippen LogP contribution >= 0.6 is 0 Å². The number of benzene rings is 2. The molecule has 9 nitrogen and oxygen atoms in total. The Morgan fingerprint density at radius 1 is 1.00 bits per heavy atom. The number of ether oxygens (including phenoxy) is 1. The van der Waals surface area contributed by atoms with Crippen molar-refractivity contribution in [3.8, 4) is 5.75 Å². The van der Waals surface area contributed by atoms with Crippen LogP contribution in [0.15, 0.2) is 48.5 Å². The molecule has 0 spiro atoms. The van der Waals surface area contributed by atoms with Crippen LogP contribution in [0.25, 0.3) is 0 Å². The number of alkyl carbamates (subject to hydrolysis) is 1. The first kappa shape index (κ1) is 30.6. The summed E-state index contributed by atoms with van der Waals surface area (Å²) < 4.78 is 5.27. The molecule has 2 atom stereocenters. The summed E-state index contributed by atoms with van der Waals surface area (Å²) in [6.07, 6.45) is 2.56. The van der Waals surface area contributed by atoms with E-state index in [4.69, 9.17) is 4.74 Å². The minimum atomic E-state index is -1.32. The number of phenolic OH excluding ortho intramolecular Hbond substituents is 1. The summed E-state index contributed by atoms with van der Waals surface area (Å²) in [4.78, 5) is 41.4. The molecule has 0 aliphatic carbocycles. The number of amides is 3. The van der Waals surface area contributed by atoms with Crippen LogP contribution in [-0.2, 0) is 14.3 Å². The van der Waals surface area contributed by atoms with Gasteiger partial charge in [0, 0.05) is 12.2 Å². The number of unbranched alkanes of at least 4 members (excludes halogenated alkanes) is 3. The van der Waals surface area contributed by atoms with E-state index in [9.17, 15) is 24.6 Å². The first-order valence-electron chi connectivity index (χ1n) is 13.0. The summed E-state index contributed by atoms with van der Waals surface area (Å²) in [5.41, 5.74) is 1.14. The molecule has 0 bridgehead atoms. The zero-order chi connectivity index (χ0) is 28.3. The Morgan fingerprint density at radius 2 is 1.66 bits per heavy atom. The normalized spacial score (nSPS) is 12.8. The van der Waals surface area contributed by atoms with Crippen LogP contribution in [-0.4, -0.2) is 57.8 Å². The van der Waals surface area contributed by atoms with Gasteiger partial charge in [-0.15, -0.1) is 0 Å². The molecule has 2 rings (SSSR count). The maximum atomic E-state index is 13.8. The Labute approximate surface area is 225 Å². The van der Waals surface area contributed by atoms with Gasteiger partial charge in [0.15, 0.2) is 0 Å². The molecule has 3 amide bonds. The highest BCUT2D eigenvalue weighted by Crippen LogP contribution is 2.27. The topological polar surface area (TPSA) is 128 Å². The summed E-state index contributed by atoms with van der Waals surface area (Å²) >= 11 is 0. The van der Waals surface area contributed by atoms with E-state index < -0.39 is 42.2 Å². The van der Waals surface area contributed by atoms with Crippen molar-refractivity contribution in [3.63, 3.8) is 0 Å². The van der Waals surface area contributed by atoms with E-state index in [1.807, 2.05) is 19.1 Å². The lowest BCUT2D eigenvalue weighted by molar-refractivity contribution is -0.141. The number of aryl methyl sites for hydroxylation is 1. The fourth-order valence-corrected chi connectivity index (χ4v) is 3.95. The molecule has 0 aromatic heterocycles. The Bertz CT molecular complexity index is 1060. The van der Waals surface area contributed by atoms with Crippen LogP contribution < -0.4 is 10.6 Å². The van der Waals surface area contributed by atoms with Gasteiger partial charge in [0.05, 0.1) is 6.61 Å². The molecule has 0 aliphatic rings. The van der Waals surface area contributed by atoms with Crippen molar-refractivity contribution < 1.29 is 29.3 Å². The van der Waals surface area contributed by atoms with Gasteiger partial charge in [-0.05, 0) is 63.4 Å². The number of aromatic hydroxyl groups is 1. The monoisotopic (exact) mass is 527 g/mol. The molecule has 0 saturated carbocycles. The molecule has 9 heteroatoms. The molecular weight excluding hydrogens is 486 g/mol. The molecule has 0 radical (unpaired) electrons. The van der Waals surface area contributed by atoms with E-state index in [0.717, 1.165) is 24.8 Å². The lowest BCUT2D eigenvalue weighted by Gasteiger charge is -2.34. The minimum Gasteiger partial charge on any atom is -0.508 e. The third kappa shape index (κ3) is 9.37. The van der Waals surface area contributed by atoms with Crippen molar-refractivity contribution in [2.75, 3.05) is 18.5 Å². The molecule has 4 N–H and O–H groups in total. The number of phenols is 1. The number of rotatable bonds is 12. The quantitative estimate of drug-likeness (QED) is 0.297. The molecule has 0 aliphatic heterocycles. The third-order valence-electron chi connectivity index (χ3n) is 5.88. The second-order valence-electron chi connectivity index (χ2n) is 10.3. The average Bonchev–Trinajstić information content (AvgIpc) is 2.85. The predicted molar refractivity (Wildman–Crippen MR) is 147 cm³/mol. The number of aliphatic hydroxyl groups is 1. The molecule has 2 aromatic rings. The van der Waals surface area contributed by atoms with E-state index in [-0.39, 0.29) is 12.3 Å². The number of hydrogen-bond acceptors (Lipinski definition) is 6. The summed E-state index contributed by atoms with van der Waals surface area (Å²) in [5, 5.41) is 25.3. The molecule has 0 heterocycles. The first-order chi connectivity index (χ1) is 18.0. The Kier molecular flexibility index (Phi) is 11.6. The summed E-state index contributed by atoms with van der Waals surface area (Å²) in [6.45, 7) is 8.57. The Morgan fingerprint density at radius 3 is 2.24 bits per heavy atom. The van der Waals surface area contributed by atoms with Gasteiger partial charge < -0.3 is 30.5 Å². The van der Waals surface area contributed by atoms with Crippen molar-refractivity contribution in [2.45, 2.75) is 78.0 Å². The van der Waals surface area contributed by atoms with Gasteiger partial charge in [0.25, 0.3) is 5.91 Å². The van der Waals surface area contributed by atoms with E-state index in [2.05, 4.69) is 17.6 Å². The van der Waals surface area contributed by atoms with Crippen LogP contribution in [0.2, 0.25) is 0 Å². The van der Waals surface area contributed by atoms with Crippen LogP contribution in [0.3, 0.4) is 0 Å². The number of anilines is 1. The lowest BCUT2D eigenvalue weighted by atomic mass is 10.0. The van der Waals surface area contributed by atoms with Crippen LogP contribution in [0.4, 0.5) is 10.5 Å². The number of nitrogens with zero attached hydrogens (tertiary/aromatic N) is 1. The first-order valence-corrected chi connectivity index (χ1v) is 13.0. The number of hydrogen-bond donors (Lipinski definition) is 4. The second kappa shape index (κ2) is 14.4. The summed E-state index contributed by atoms with van der Waals surface area (Å²) in [5.74, 6) is -1.05. The molecule has 2 aromatic carbocycles. The van der Waals surface area contributed by atoms with Gasteiger partial charge in [-0.1, -0.05) is 56.5 Å². The van der Waals surface area contributed by atoms with Gasteiger partial charge in [0.1, 0.15) is 23.4 Å². The maximum Gasteiger partial charge on any atom is 0.408 e. The molecule has 0 saturated heterocycles. The van der Waals surface area contributed by atoms with Gasteiger partial charge in [0.2, 0.25) is 5.91 Å². The Hall–Kier alpha value is -3.59. The Balaban J connectivity index is 2.47. The largest absolute Gasteiger partial charge is 0.508 e. The number of aliphatic hydroxyl groups excluding tert-OH is 1. The second-order valence-corrected chi connectivity index (χ2v) is 10.3. The number of para-hydroxylation sites is 1. The highest BCUT2D eigenvalue weighted by Gasteiger charge is 2.36. The molecule has 2 unspecified atom stereocenters. The van der Waals surface area contributed by atoms with Crippen LogP contribution in [0.1, 0.15) is 70.5 Å². The highest BCUT2D eigenvalue weighted by molar-refractivity contribution is 5.99. The number of nitrogens with one attached hydrogen (secondary N) is 2. The smallest absolute Gasteiger partial charge is 0.408 e. The molecule has 0 fully saturated rings. The van der Waals surface area contributed by atoms with Crippen molar-refractivity contribution in [3.05, 3.63) is 59.7 Å². The van der Waals surface area contributed by atoms with Crippen molar-refractivity contribution >= 4 is 23.6 Å². The van der Waals surface area contributed by atoms with Gasteiger partial charge in [-0.25, -0.2) is 4.79 Å². The van der Waals surface area contributed by atoms with E-state index >= 15 is 0 Å². The molecular formula is C29H41N3O6. The van der Waals surface area contributed by atoms with E-state index in [1.54, 1.807) is 45.0 Å². The number of carbonyl (C=O) groups excluding carboxylic acids is 3. The van der Waals surface area contributed by atoms with Crippen LogP contribution in [0, 0.1) is 6.92 Å². The average molecular weight is 528 g/mol. The number of carbonyl (C=O) groups is 3. The maximum absolute atomic E-state index is 13.8. The lowest BCUT2D eigenvalue weighted by Crippen LogP contribution is -2.54. The SMILES string of the molecule is CCCCCCN(C(=O)C(CO)NC(=O)OC(C)(C)C)C(C(=O)Nc1ccccc1C)c1ccc(O)cc1. The van der Waals surface area contributed by atoms with Crippen molar-refractivity contribution in [1.29, 1.82) is 0 Å². The predicted octanol–water partition coefficient (Wildman–Crippen LogP) is 4.67. The zero-order valence-electron chi connectivity index (χ0n) is 23.0. The van der Waals surface area contributed by atoms with Gasteiger partial charge in [-0.3, -0.25) is 9.59 Å². The fraction of sp³-hybridized carbons (Fsp3) is 0.483. The van der Waals surface area contributed by atoms with Gasteiger partial charge >= 0.3 is 6.09 Å². The molecule has 38 heavy (non-hydrogen) atoms.